The molecule has 1 N–H and O–H groups in total. The Hall–Kier alpha value is -2.49. The van der Waals surface area contributed by atoms with E-state index >= 15 is 0 Å². The van der Waals surface area contributed by atoms with Gasteiger partial charge in [0.15, 0.2) is 5.82 Å². The molecule has 1 atom stereocenters. The summed E-state index contributed by atoms with van der Waals surface area (Å²) in [6, 6.07) is 4.19. The van der Waals surface area contributed by atoms with Crippen molar-refractivity contribution >= 4 is 17.3 Å². The van der Waals surface area contributed by atoms with Crippen LogP contribution in [0, 0.1) is 10.1 Å². The third-order valence-corrected chi connectivity index (χ3v) is 4.14. The van der Waals surface area contributed by atoms with Crippen molar-refractivity contribution in [3.63, 3.8) is 0 Å². The van der Waals surface area contributed by atoms with Crippen molar-refractivity contribution in [3.8, 4) is 11.8 Å². The van der Waals surface area contributed by atoms with Crippen LogP contribution in [0.15, 0.2) is 18.2 Å². The van der Waals surface area contributed by atoms with E-state index < -0.39 is 11.0 Å². The van der Waals surface area contributed by atoms with E-state index in [9.17, 15) is 15.2 Å². The lowest BCUT2D eigenvalue weighted by Gasteiger charge is -2.15. The molecule has 0 fully saturated rings. The maximum absolute atomic E-state index is 11.7. The number of methoxy groups -OCH3 is 2. The predicted octanol–water partition coefficient (Wildman–Crippen LogP) is 3.45. The van der Waals surface area contributed by atoms with E-state index in [1.54, 1.807) is 0 Å². The molecule has 10 heteroatoms. The van der Waals surface area contributed by atoms with Gasteiger partial charge in [0.2, 0.25) is 11.8 Å². The average Bonchev–Trinajstić information content (AvgIpc) is 2.69. The number of halogens is 1. The van der Waals surface area contributed by atoms with E-state index in [4.69, 9.17) is 25.8 Å². The number of aliphatic hydroxyl groups excluding tert-OH is 1. The highest BCUT2D eigenvalue weighted by atomic mass is 35.5. The van der Waals surface area contributed by atoms with Crippen LogP contribution in [0.4, 0.5) is 5.69 Å². The molecule has 152 valence electrons. The van der Waals surface area contributed by atoms with E-state index in [-0.39, 0.29) is 46.0 Å². The van der Waals surface area contributed by atoms with Gasteiger partial charge in [-0.05, 0) is 18.6 Å². The van der Waals surface area contributed by atoms with Gasteiger partial charge in [-0.25, -0.2) is 0 Å². The first-order valence-electron chi connectivity index (χ1n) is 8.60. The molecule has 0 spiro atoms. The maximum Gasteiger partial charge on any atom is 0.281 e. The second kappa shape index (κ2) is 10.2. The molecule has 1 unspecified atom stereocenters. The summed E-state index contributed by atoms with van der Waals surface area (Å²) < 4.78 is 15.6. The number of nitro groups is 1. The Morgan fingerprint density at radius 1 is 1.21 bits per heavy atom. The van der Waals surface area contributed by atoms with Crippen molar-refractivity contribution in [2.75, 3.05) is 20.8 Å². The number of aliphatic hydroxyl groups is 1. The Bertz CT molecular complexity index is 811. The first-order chi connectivity index (χ1) is 13.4. The second-order valence-electron chi connectivity index (χ2n) is 5.88. The Balaban J connectivity index is 2.48. The second-order valence-corrected chi connectivity index (χ2v) is 6.32. The summed E-state index contributed by atoms with van der Waals surface area (Å²) in [5.74, 6) is 0.182. The molecule has 0 bridgehead atoms. The molecule has 0 amide bonds. The fourth-order valence-electron chi connectivity index (χ4n) is 2.54. The van der Waals surface area contributed by atoms with Gasteiger partial charge in [-0.3, -0.25) is 10.1 Å². The quantitative estimate of drug-likeness (QED) is 0.359. The lowest BCUT2D eigenvalue weighted by atomic mass is 10.0. The molecule has 28 heavy (non-hydrogen) atoms. The molecule has 0 aliphatic heterocycles. The van der Waals surface area contributed by atoms with Crippen molar-refractivity contribution in [2.45, 2.75) is 32.5 Å². The number of aromatic nitrogens is 2. The van der Waals surface area contributed by atoms with Crippen LogP contribution >= 0.6 is 11.6 Å². The van der Waals surface area contributed by atoms with Gasteiger partial charge in [0.05, 0.1) is 42.9 Å². The van der Waals surface area contributed by atoms with Crippen molar-refractivity contribution < 1.29 is 24.2 Å². The summed E-state index contributed by atoms with van der Waals surface area (Å²) in [7, 11) is 2.79. The SMILES string of the molecule is CCCCOCc1cc(Cl)cc(C(O)c2nc(OC)cc(OC)n2)c1[N+](=O)[O-]. The van der Waals surface area contributed by atoms with Crippen LogP contribution in [0.25, 0.3) is 0 Å². The van der Waals surface area contributed by atoms with Gasteiger partial charge in [-0.1, -0.05) is 24.9 Å². The van der Waals surface area contributed by atoms with Crippen molar-refractivity contribution in [2.24, 2.45) is 0 Å². The lowest BCUT2D eigenvalue weighted by Crippen LogP contribution is -2.11. The highest BCUT2D eigenvalue weighted by Gasteiger charge is 2.29. The smallest absolute Gasteiger partial charge is 0.281 e. The fraction of sp³-hybridized carbons (Fsp3) is 0.444. The van der Waals surface area contributed by atoms with Crippen LogP contribution in [0.1, 0.15) is 42.8 Å². The molecule has 0 saturated carbocycles. The zero-order valence-corrected chi connectivity index (χ0v) is 16.6. The third-order valence-electron chi connectivity index (χ3n) is 3.92. The van der Waals surface area contributed by atoms with Crippen molar-refractivity contribution in [1.29, 1.82) is 0 Å². The van der Waals surface area contributed by atoms with Gasteiger partial charge >= 0.3 is 0 Å². The average molecular weight is 412 g/mol. The predicted molar refractivity (Wildman–Crippen MR) is 102 cm³/mol. The Kier molecular flexibility index (Phi) is 7.91. The largest absolute Gasteiger partial charge is 0.481 e. The molecule has 1 aromatic carbocycles. The molecule has 1 heterocycles. The highest BCUT2D eigenvalue weighted by molar-refractivity contribution is 6.30. The minimum absolute atomic E-state index is 0.00111. The molecule has 1 aromatic heterocycles. The summed E-state index contributed by atoms with van der Waals surface area (Å²) in [5.41, 5.74) is -0.0711. The fourth-order valence-corrected chi connectivity index (χ4v) is 2.79. The molecular formula is C18H22ClN3O6. The summed E-state index contributed by atoms with van der Waals surface area (Å²) >= 11 is 6.14. The topological polar surface area (TPSA) is 117 Å². The van der Waals surface area contributed by atoms with Crippen LogP contribution < -0.4 is 9.47 Å². The Morgan fingerprint density at radius 2 is 1.86 bits per heavy atom. The highest BCUT2D eigenvalue weighted by Crippen LogP contribution is 2.35. The third kappa shape index (κ3) is 5.28. The van der Waals surface area contributed by atoms with Crippen LogP contribution in [0.2, 0.25) is 5.02 Å². The van der Waals surface area contributed by atoms with Crippen molar-refractivity contribution in [3.05, 3.63) is 50.3 Å². The molecule has 2 rings (SSSR count). The van der Waals surface area contributed by atoms with E-state index in [1.165, 1.54) is 32.4 Å². The van der Waals surface area contributed by atoms with Crippen molar-refractivity contribution in [1.82, 2.24) is 9.97 Å². The van der Waals surface area contributed by atoms with Crippen LogP contribution in [-0.2, 0) is 11.3 Å². The van der Waals surface area contributed by atoms with Gasteiger partial charge in [-0.15, -0.1) is 0 Å². The zero-order chi connectivity index (χ0) is 20.7. The van der Waals surface area contributed by atoms with Gasteiger partial charge in [0, 0.05) is 11.6 Å². The van der Waals surface area contributed by atoms with Gasteiger partial charge in [-0.2, -0.15) is 9.97 Å². The first-order valence-corrected chi connectivity index (χ1v) is 8.98. The van der Waals surface area contributed by atoms with Crippen LogP contribution in [0.5, 0.6) is 11.8 Å². The number of hydrogen-bond donors (Lipinski definition) is 1. The summed E-state index contributed by atoms with van der Waals surface area (Å²) in [4.78, 5) is 19.3. The van der Waals surface area contributed by atoms with Crippen LogP contribution in [0.3, 0.4) is 0 Å². The van der Waals surface area contributed by atoms with Gasteiger partial charge in [0.25, 0.3) is 5.69 Å². The lowest BCUT2D eigenvalue weighted by molar-refractivity contribution is -0.387. The molecule has 0 aliphatic rings. The first kappa shape index (κ1) is 21.8. The molecular weight excluding hydrogens is 390 g/mol. The number of benzene rings is 1. The summed E-state index contributed by atoms with van der Waals surface area (Å²) in [5, 5.41) is 22.7. The van der Waals surface area contributed by atoms with Crippen LogP contribution in [-0.4, -0.2) is 40.8 Å². The Labute approximate surface area is 167 Å². The van der Waals surface area contributed by atoms with Gasteiger partial charge in [0.1, 0.15) is 6.10 Å². The number of rotatable bonds is 10. The normalized spacial score (nSPS) is 11.9. The number of unbranched alkanes of at least 4 members (excludes halogenated alkanes) is 1. The molecule has 2 aromatic rings. The van der Waals surface area contributed by atoms with E-state index in [2.05, 4.69) is 9.97 Å². The molecule has 9 nitrogen and oxygen atoms in total. The zero-order valence-electron chi connectivity index (χ0n) is 15.8. The maximum atomic E-state index is 11.7. The standard InChI is InChI=1S/C18H22ClN3O6/c1-4-5-6-28-10-11-7-12(19)8-13(16(11)22(24)25)17(23)18-20-14(26-2)9-15(21-18)27-3/h7-9,17,23H,4-6,10H2,1-3H3. The number of hydrogen-bond acceptors (Lipinski definition) is 8. The summed E-state index contributed by atoms with van der Waals surface area (Å²) in [6.07, 6.45) is 0.259. The molecule has 0 radical (unpaired) electrons. The molecule has 0 aliphatic carbocycles. The summed E-state index contributed by atoms with van der Waals surface area (Å²) in [6.45, 7) is 2.48. The van der Waals surface area contributed by atoms with E-state index in [0.29, 0.717) is 6.61 Å². The minimum atomic E-state index is -1.52. The van der Waals surface area contributed by atoms with E-state index in [1.807, 2.05) is 6.92 Å². The Morgan fingerprint density at radius 3 is 2.39 bits per heavy atom. The number of nitrogens with zero attached hydrogens (tertiary/aromatic N) is 3. The monoisotopic (exact) mass is 411 g/mol. The number of nitro benzene ring substituents is 1. The van der Waals surface area contributed by atoms with Gasteiger partial charge < -0.3 is 19.3 Å². The number of ether oxygens (including phenoxy) is 3. The molecule has 0 saturated heterocycles. The van der Waals surface area contributed by atoms with E-state index in [0.717, 1.165) is 12.8 Å². The minimum Gasteiger partial charge on any atom is -0.481 e.